The lowest BCUT2D eigenvalue weighted by Gasteiger charge is -2.13. The molecule has 138 valence electrons. The first-order valence-corrected chi connectivity index (χ1v) is 8.07. The Labute approximate surface area is 151 Å². The number of rotatable bonds is 9. The first-order valence-electron chi connectivity index (χ1n) is 8.07. The van der Waals surface area contributed by atoms with Crippen molar-refractivity contribution >= 4 is 17.3 Å². The first-order chi connectivity index (χ1) is 12.5. The van der Waals surface area contributed by atoms with Gasteiger partial charge in [0.1, 0.15) is 11.4 Å². The topological polar surface area (TPSA) is 114 Å². The lowest BCUT2D eigenvalue weighted by atomic mass is 10.1. The van der Waals surface area contributed by atoms with Gasteiger partial charge in [0.05, 0.1) is 18.1 Å². The minimum absolute atomic E-state index is 0.0390. The van der Waals surface area contributed by atoms with Gasteiger partial charge in [0.15, 0.2) is 0 Å². The summed E-state index contributed by atoms with van der Waals surface area (Å²) in [5.74, 6) is 0.426. The molecule has 3 N–H and O–H groups in total. The number of para-hydroxylation sites is 2. The summed E-state index contributed by atoms with van der Waals surface area (Å²) in [5.41, 5.74) is 0.996. The van der Waals surface area contributed by atoms with E-state index < -0.39 is 11.0 Å². The van der Waals surface area contributed by atoms with Gasteiger partial charge in [0.2, 0.25) is 5.91 Å². The Morgan fingerprint density at radius 2 is 1.92 bits per heavy atom. The Kier molecular flexibility index (Phi) is 6.92. The van der Waals surface area contributed by atoms with E-state index in [1.807, 2.05) is 0 Å². The van der Waals surface area contributed by atoms with Crippen LogP contribution in [0, 0.1) is 10.1 Å². The molecule has 0 aromatic heterocycles. The number of carbonyl (C=O) groups excluding carboxylic acids is 1. The molecule has 2 aromatic rings. The number of aliphatic hydroxyl groups excluding tert-OH is 1. The Hall–Kier alpha value is -3.13. The van der Waals surface area contributed by atoms with Gasteiger partial charge >= 0.3 is 0 Å². The molecule has 0 radical (unpaired) electrons. The summed E-state index contributed by atoms with van der Waals surface area (Å²) < 4.78 is 5.05. The summed E-state index contributed by atoms with van der Waals surface area (Å²) in [6, 6.07) is 13.2. The van der Waals surface area contributed by atoms with E-state index in [-0.39, 0.29) is 31.1 Å². The van der Waals surface area contributed by atoms with Crippen LogP contribution < -0.4 is 15.4 Å². The van der Waals surface area contributed by atoms with Crippen molar-refractivity contribution in [1.82, 2.24) is 5.32 Å². The second kappa shape index (κ2) is 9.38. The highest BCUT2D eigenvalue weighted by Crippen LogP contribution is 2.22. The maximum atomic E-state index is 11.9. The van der Waals surface area contributed by atoms with E-state index in [1.165, 1.54) is 6.07 Å². The van der Waals surface area contributed by atoms with Crippen molar-refractivity contribution in [2.24, 2.45) is 0 Å². The molecule has 26 heavy (non-hydrogen) atoms. The zero-order valence-corrected chi connectivity index (χ0v) is 14.3. The van der Waals surface area contributed by atoms with Gasteiger partial charge in [-0.2, -0.15) is 0 Å². The molecule has 0 aliphatic heterocycles. The lowest BCUT2D eigenvalue weighted by Crippen LogP contribution is -2.29. The minimum atomic E-state index is -0.826. The molecule has 2 rings (SSSR count). The van der Waals surface area contributed by atoms with Crippen molar-refractivity contribution in [2.45, 2.75) is 12.5 Å². The van der Waals surface area contributed by atoms with E-state index in [4.69, 9.17) is 4.74 Å². The van der Waals surface area contributed by atoms with Crippen molar-refractivity contribution in [3.05, 3.63) is 64.2 Å². The maximum Gasteiger partial charge on any atom is 0.292 e. The van der Waals surface area contributed by atoms with Crippen molar-refractivity contribution in [3.63, 3.8) is 0 Å². The highest BCUT2D eigenvalue weighted by molar-refractivity contribution is 5.76. The van der Waals surface area contributed by atoms with Crippen LogP contribution in [0.2, 0.25) is 0 Å². The summed E-state index contributed by atoms with van der Waals surface area (Å²) in [6.45, 7) is 0.325. The number of ether oxygens (including phenoxy) is 1. The molecular formula is C18H21N3O5. The van der Waals surface area contributed by atoms with E-state index in [0.29, 0.717) is 17.0 Å². The summed E-state index contributed by atoms with van der Waals surface area (Å²) in [7, 11) is 1.56. The summed E-state index contributed by atoms with van der Waals surface area (Å²) in [4.78, 5) is 22.3. The average Bonchev–Trinajstić information content (AvgIpc) is 2.66. The van der Waals surface area contributed by atoms with Gasteiger partial charge in [-0.1, -0.05) is 24.3 Å². The quantitative estimate of drug-likeness (QED) is 0.467. The van der Waals surface area contributed by atoms with Crippen LogP contribution in [0.1, 0.15) is 18.1 Å². The van der Waals surface area contributed by atoms with E-state index in [0.717, 1.165) is 0 Å². The molecule has 1 unspecified atom stereocenters. The molecule has 0 bridgehead atoms. The Balaban J connectivity index is 1.76. The SMILES string of the molecule is COc1ccc(C(O)CNC(=O)CCNc2ccccc2[N+](=O)[O-])cc1. The number of nitro benzene ring substituents is 1. The van der Waals surface area contributed by atoms with E-state index in [9.17, 15) is 20.0 Å². The molecule has 0 spiro atoms. The molecule has 0 aliphatic rings. The molecule has 0 saturated carbocycles. The number of hydrogen-bond donors (Lipinski definition) is 3. The molecule has 8 nitrogen and oxygen atoms in total. The van der Waals surface area contributed by atoms with Crippen molar-refractivity contribution < 1.29 is 19.6 Å². The van der Waals surface area contributed by atoms with Crippen LogP contribution in [0.15, 0.2) is 48.5 Å². The molecule has 1 amide bonds. The van der Waals surface area contributed by atoms with Crippen LogP contribution in [0.25, 0.3) is 0 Å². The predicted octanol–water partition coefficient (Wildman–Crippen LogP) is 2.26. The fourth-order valence-corrected chi connectivity index (χ4v) is 2.34. The Bertz CT molecular complexity index is 749. The number of benzene rings is 2. The minimum Gasteiger partial charge on any atom is -0.497 e. The number of nitrogens with one attached hydrogen (secondary N) is 2. The highest BCUT2D eigenvalue weighted by Gasteiger charge is 2.13. The number of hydrogen-bond acceptors (Lipinski definition) is 6. The third-order valence-corrected chi connectivity index (χ3v) is 3.76. The Morgan fingerprint density at radius 3 is 2.58 bits per heavy atom. The standard InChI is InChI=1S/C18H21N3O5/c1-26-14-8-6-13(7-9-14)17(22)12-20-18(23)10-11-19-15-4-2-3-5-16(15)21(24)25/h2-9,17,19,22H,10-12H2,1H3,(H,20,23). The van der Waals surface area contributed by atoms with Crippen LogP contribution in [0.4, 0.5) is 11.4 Å². The molecule has 8 heteroatoms. The van der Waals surface area contributed by atoms with E-state index in [2.05, 4.69) is 10.6 Å². The van der Waals surface area contributed by atoms with Gasteiger partial charge < -0.3 is 20.5 Å². The van der Waals surface area contributed by atoms with Crippen LogP contribution in [-0.4, -0.2) is 36.1 Å². The zero-order valence-electron chi connectivity index (χ0n) is 14.3. The van der Waals surface area contributed by atoms with Crippen molar-refractivity contribution in [1.29, 1.82) is 0 Å². The van der Waals surface area contributed by atoms with Gasteiger partial charge in [-0.05, 0) is 23.8 Å². The van der Waals surface area contributed by atoms with Crippen molar-refractivity contribution in [2.75, 3.05) is 25.5 Å². The number of aliphatic hydroxyl groups is 1. The number of nitrogens with zero attached hydrogens (tertiary/aromatic N) is 1. The fraction of sp³-hybridized carbons (Fsp3) is 0.278. The third kappa shape index (κ3) is 5.45. The van der Waals surface area contributed by atoms with Crippen molar-refractivity contribution in [3.8, 4) is 5.75 Å². The van der Waals surface area contributed by atoms with Crippen LogP contribution in [-0.2, 0) is 4.79 Å². The van der Waals surface area contributed by atoms with E-state index in [1.54, 1.807) is 49.6 Å². The Morgan fingerprint density at radius 1 is 1.23 bits per heavy atom. The maximum absolute atomic E-state index is 11.9. The van der Waals surface area contributed by atoms with Crippen LogP contribution in [0.3, 0.4) is 0 Å². The van der Waals surface area contributed by atoms with Gasteiger partial charge in [-0.3, -0.25) is 14.9 Å². The van der Waals surface area contributed by atoms with Crippen LogP contribution >= 0.6 is 0 Å². The third-order valence-electron chi connectivity index (χ3n) is 3.76. The molecule has 1 atom stereocenters. The molecule has 2 aromatic carbocycles. The van der Waals surface area contributed by atoms with Crippen LogP contribution in [0.5, 0.6) is 5.75 Å². The zero-order chi connectivity index (χ0) is 18.9. The first kappa shape index (κ1) is 19.2. The average molecular weight is 359 g/mol. The van der Waals surface area contributed by atoms with Gasteiger partial charge in [-0.15, -0.1) is 0 Å². The van der Waals surface area contributed by atoms with Gasteiger partial charge in [-0.25, -0.2) is 0 Å². The summed E-state index contributed by atoms with van der Waals surface area (Å²) in [6.07, 6.45) is -0.700. The van der Waals surface area contributed by atoms with E-state index >= 15 is 0 Å². The lowest BCUT2D eigenvalue weighted by molar-refractivity contribution is -0.384. The molecule has 0 aliphatic carbocycles. The number of methoxy groups -OCH3 is 1. The monoisotopic (exact) mass is 359 g/mol. The molecule has 0 saturated heterocycles. The van der Waals surface area contributed by atoms with Gasteiger partial charge in [0.25, 0.3) is 5.69 Å². The molecule has 0 heterocycles. The largest absolute Gasteiger partial charge is 0.497 e. The second-order valence-electron chi connectivity index (χ2n) is 5.54. The number of amides is 1. The smallest absolute Gasteiger partial charge is 0.292 e. The summed E-state index contributed by atoms with van der Waals surface area (Å²) in [5, 5.41) is 26.5. The second-order valence-corrected chi connectivity index (χ2v) is 5.54. The molecular weight excluding hydrogens is 338 g/mol. The number of carbonyl (C=O) groups is 1. The highest BCUT2D eigenvalue weighted by atomic mass is 16.6. The van der Waals surface area contributed by atoms with Gasteiger partial charge in [0, 0.05) is 25.6 Å². The number of nitro groups is 1. The molecule has 0 fully saturated rings. The fourth-order valence-electron chi connectivity index (χ4n) is 2.34. The normalized spacial score (nSPS) is 11.5. The predicted molar refractivity (Wildman–Crippen MR) is 97.2 cm³/mol. The number of anilines is 1. The summed E-state index contributed by atoms with van der Waals surface area (Å²) >= 11 is 0.